The Kier molecular flexibility index (Phi) is 3.75. The normalized spacial score (nSPS) is 9.07. The molecular formula is C12H13NO. The summed E-state index contributed by atoms with van der Waals surface area (Å²) in [5, 5.41) is 11.1. The van der Waals surface area contributed by atoms with Crippen LogP contribution in [-0.4, -0.2) is 12.1 Å². The standard InChI is InChI=1S/C12H13NO/c1-10(2)12(14)9-13-8-11-6-4-3-5-7-11/h3-8,10H,1-2H3. The van der Waals surface area contributed by atoms with Crippen LogP contribution in [-0.2, 0) is 0 Å². The molecule has 0 bridgehead atoms. The van der Waals surface area contributed by atoms with E-state index in [9.17, 15) is 5.11 Å². The molecule has 0 saturated heterocycles. The van der Waals surface area contributed by atoms with Crippen LogP contribution in [0.25, 0.3) is 0 Å². The molecule has 0 aromatic heterocycles. The molecule has 1 rings (SSSR count). The number of nitrogens with zero attached hydrogens (tertiary/aromatic N) is 1. The van der Waals surface area contributed by atoms with Crippen molar-refractivity contribution >= 4 is 12.1 Å². The van der Waals surface area contributed by atoms with Gasteiger partial charge in [-0.2, -0.15) is 0 Å². The van der Waals surface area contributed by atoms with E-state index >= 15 is 0 Å². The predicted octanol–water partition coefficient (Wildman–Crippen LogP) is 0.743. The van der Waals surface area contributed by atoms with Crippen molar-refractivity contribution in [3.63, 3.8) is 0 Å². The predicted molar refractivity (Wildman–Crippen MR) is 57.1 cm³/mol. The largest absolute Gasteiger partial charge is 0.865 e. The van der Waals surface area contributed by atoms with Gasteiger partial charge in [0.2, 0.25) is 0 Å². The second-order valence-corrected chi connectivity index (χ2v) is 3.30. The monoisotopic (exact) mass is 187 g/mol. The van der Waals surface area contributed by atoms with Gasteiger partial charge in [-0.3, -0.25) is 0 Å². The molecule has 0 aliphatic carbocycles. The van der Waals surface area contributed by atoms with Gasteiger partial charge >= 0.3 is 6.21 Å². The summed E-state index contributed by atoms with van der Waals surface area (Å²) in [6.45, 7) is 3.65. The fourth-order valence-corrected chi connectivity index (χ4v) is 0.839. The average Bonchev–Trinajstić information content (AvgIpc) is 2.19. The molecule has 0 spiro atoms. The Hall–Kier alpha value is -1.75. The number of allylic oxidation sites excluding steroid dienone is 1. The number of hydrogen-bond acceptors (Lipinski definition) is 1. The van der Waals surface area contributed by atoms with Crippen molar-refractivity contribution in [1.29, 1.82) is 0 Å². The molecule has 2 heteroatoms. The first-order chi connectivity index (χ1) is 6.70. The van der Waals surface area contributed by atoms with Crippen LogP contribution in [0.2, 0.25) is 0 Å². The summed E-state index contributed by atoms with van der Waals surface area (Å²) >= 11 is 0. The molecule has 1 aromatic rings. The molecule has 0 unspecified atom stereocenters. The Balaban J connectivity index is 2.89. The highest BCUT2D eigenvalue weighted by molar-refractivity contribution is 5.80. The van der Waals surface area contributed by atoms with Crippen LogP contribution in [0.15, 0.2) is 36.1 Å². The van der Waals surface area contributed by atoms with Crippen molar-refractivity contribution in [2.24, 2.45) is 5.92 Å². The van der Waals surface area contributed by atoms with E-state index in [0.717, 1.165) is 5.56 Å². The van der Waals surface area contributed by atoms with Gasteiger partial charge in [0.1, 0.15) is 0 Å². The third-order valence-corrected chi connectivity index (χ3v) is 1.71. The van der Waals surface area contributed by atoms with Gasteiger partial charge in [-0.1, -0.05) is 32.0 Å². The van der Waals surface area contributed by atoms with Gasteiger partial charge in [0.15, 0.2) is 0 Å². The molecule has 0 atom stereocenters. The van der Waals surface area contributed by atoms with Gasteiger partial charge in [0.25, 0.3) is 5.87 Å². The van der Waals surface area contributed by atoms with E-state index in [0.29, 0.717) is 0 Å². The molecule has 0 saturated carbocycles. The molecule has 72 valence electrons. The second-order valence-electron chi connectivity index (χ2n) is 3.30. The summed E-state index contributed by atoms with van der Waals surface area (Å²) in [5.41, 5.74) is 0.969. The van der Waals surface area contributed by atoms with Crippen molar-refractivity contribution in [1.82, 2.24) is 4.67 Å². The molecule has 14 heavy (non-hydrogen) atoms. The minimum atomic E-state index is -0.0721. The Morgan fingerprint density at radius 1 is 1.36 bits per heavy atom. The fraction of sp³-hybridized carbons (Fsp3) is 0.250. The molecule has 2 nitrogen and oxygen atoms in total. The van der Waals surface area contributed by atoms with Crippen molar-refractivity contribution in [2.75, 3.05) is 0 Å². The second kappa shape index (κ2) is 5.08. The zero-order valence-corrected chi connectivity index (χ0v) is 8.40. The van der Waals surface area contributed by atoms with Crippen molar-refractivity contribution < 1.29 is 5.11 Å². The molecule has 0 radical (unpaired) electrons. The van der Waals surface area contributed by atoms with Crippen LogP contribution in [0, 0.1) is 5.92 Å². The molecular weight excluding hydrogens is 174 g/mol. The van der Waals surface area contributed by atoms with Crippen LogP contribution in [0.1, 0.15) is 19.4 Å². The Labute approximate surface area is 84.0 Å². The third-order valence-electron chi connectivity index (χ3n) is 1.71. The lowest BCUT2D eigenvalue weighted by Crippen LogP contribution is -2.11. The van der Waals surface area contributed by atoms with Crippen molar-refractivity contribution in [3.05, 3.63) is 41.7 Å². The summed E-state index contributed by atoms with van der Waals surface area (Å²) in [4.78, 5) is 0. The van der Waals surface area contributed by atoms with Gasteiger partial charge in [0, 0.05) is 5.76 Å². The number of benzene rings is 1. The van der Waals surface area contributed by atoms with Crippen molar-refractivity contribution in [2.45, 2.75) is 13.8 Å². The molecule has 0 N–H and O–H groups in total. The van der Waals surface area contributed by atoms with Gasteiger partial charge in [-0.15, -0.1) is 0 Å². The lowest BCUT2D eigenvalue weighted by Gasteiger charge is -2.05. The van der Waals surface area contributed by atoms with E-state index < -0.39 is 0 Å². The van der Waals surface area contributed by atoms with Crippen LogP contribution in [0.3, 0.4) is 0 Å². The summed E-state index contributed by atoms with van der Waals surface area (Å²) in [7, 11) is 0. The first-order valence-corrected chi connectivity index (χ1v) is 4.58. The van der Waals surface area contributed by atoms with E-state index in [4.69, 9.17) is 0 Å². The SMILES string of the molecule is CC(C)C([O-])=C=[N+]=Cc1ccccc1. The smallest absolute Gasteiger partial charge is 0.313 e. The Bertz CT molecular complexity index is 380. The maximum absolute atomic E-state index is 11.1. The molecule has 0 fully saturated rings. The van der Waals surface area contributed by atoms with E-state index in [1.807, 2.05) is 44.2 Å². The molecule has 0 heterocycles. The lowest BCUT2D eigenvalue weighted by atomic mass is 10.2. The fourth-order valence-electron chi connectivity index (χ4n) is 0.839. The Morgan fingerprint density at radius 2 is 2.00 bits per heavy atom. The summed E-state index contributed by atoms with van der Waals surface area (Å²) in [5.74, 6) is 2.35. The van der Waals surface area contributed by atoms with Crippen LogP contribution in [0.4, 0.5) is 0 Å². The first kappa shape index (κ1) is 10.3. The molecule has 1 aromatic carbocycles. The van der Waals surface area contributed by atoms with E-state index in [1.165, 1.54) is 0 Å². The zero-order chi connectivity index (χ0) is 10.4. The summed E-state index contributed by atoms with van der Waals surface area (Å²) in [6.07, 6.45) is 1.63. The van der Waals surface area contributed by atoms with Gasteiger partial charge in [0.05, 0.1) is 5.56 Å². The zero-order valence-electron chi connectivity index (χ0n) is 8.40. The van der Waals surface area contributed by atoms with Gasteiger partial charge in [-0.05, 0) is 22.7 Å². The average molecular weight is 187 g/mol. The molecule has 0 aliphatic rings. The first-order valence-electron chi connectivity index (χ1n) is 4.58. The number of hydrogen-bond donors (Lipinski definition) is 0. The topological polar surface area (TPSA) is 37.2 Å². The number of rotatable bonds is 2. The summed E-state index contributed by atoms with van der Waals surface area (Å²) < 4.78 is 3.84. The van der Waals surface area contributed by atoms with Crippen LogP contribution < -0.4 is 9.77 Å². The summed E-state index contributed by atoms with van der Waals surface area (Å²) in [6, 6.07) is 9.62. The van der Waals surface area contributed by atoms with E-state index in [2.05, 4.69) is 10.5 Å². The highest BCUT2D eigenvalue weighted by atomic mass is 16.3. The maximum atomic E-state index is 11.1. The lowest BCUT2D eigenvalue weighted by molar-refractivity contribution is -0.309. The van der Waals surface area contributed by atoms with E-state index in [-0.39, 0.29) is 11.7 Å². The molecule has 0 aliphatic heterocycles. The quantitative estimate of drug-likeness (QED) is 0.382. The maximum Gasteiger partial charge on any atom is 0.313 e. The third kappa shape index (κ3) is 3.32. The van der Waals surface area contributed by atoms with Crippen molar-refractivity contribution in [3.8, 4) is 0 Å². The Morgan fingerprint density at radius 3 is 2.57 bits per heavy atom. The molecule has 0 amide bonds. The van der Waals surface area contributed by atoms with Gasteiger partial charge < -0.3 is 5.11 Å². The van der Waals surface area contributed by atoms with Crippen LogP contribution >= 0.6 is 0 Å². The highest BCUT2D eigenvalue weighted by Gasteiger charge is 1.92. The minimum Gasteiger partial charge on any atom is -0.865 e. The van der Waals surface area contributed by atoms with E-state index in [1.54, 1.807) is 6.21 Å². The van der Waals surface area contributed by atoms with Crippen LogP contribution in [0.5, 0.6) is 0 Å². The highest BCUT2D eigenvalue weighted by Crippen LogP contribution is 1.95. The minimum absolute atomic E-state index is 0.0390. The van der Waals surface area contributed by atoms with Gasteiger partial charge in [-0.25, -0.2) is 0 Å².